The van der Waals surface area contributed by atoms with E-state index in [9.17, 15) is 8.42 Å². The number of aromatic nitrogens is 2. The van der Waals surface area contributed by atoms with Crippen LogP contribution in [0.5, 0.6) is 0 Å². The Kier molecular flexibility index (Phi) is 3.26. The van der Waals surface area contributed by atoms with Crippen molar-refractivity contribution in [3.05, 3.63) is 42.0 Å². The zero-order valence-electron chi connectivity index (χ0n) is 11.1. The van der Waals surface area contributed by atoms with Crippen molar-refractivity contribution < 1.29 is 8.42 Å². The summed E-state index contributed by atoms with van der Waals surface area (Å²) in [6, 6.07) is 9.82. The maximum Gasteiger partial charge on any atom is 0.262 e. The lowest BCUT2D eigenvalue weighted by Crippen LogP contribution is -2.14. The number of nitrogen functional groups attached to an aromatic ring is 1. The number of anilines is 2. The molecule has 0 spiro atoms. The van der Waals surface area contributed by atoms with Crippen LogP contribution in [0.4, 0.5) is 11.4 Å². The summed E-state index contributed by atoms with van der Waals surface area (Å²) in [4.78, 5) is 0.166. The molecule has 0 fully saturated rings. The highest BCUT2D eigenvalue weighted by atomic mass is 32.2. The average Bonchev–Trinajstić information content (AvgIpc) is 2.88. The van der Waals surface area contributed by atoms with Crippen molar-refractivity contribution in [1.29, 1.82) is 0 Å². The van der Waals surface area contributed by atoms with Gasteiger partial charge in [-0.3, -0.25) is 4.72 Å². The summed E-state index contributed by atoms with van der Waals surface area (Å²) in [5, 5.41) is 0. The predicted molar refractivity (Wildman–Crippen MR) is 83.8 cm³/mol. The molecule has 108 valence electrons. The minimum absolute atomic E-state index is 0.166. The van der Waals surface area contributed by atoms with E-state index in [1.165, 1.54) is 6.07 Å². The number of rotatable bonds is 3. The molecule has 21 heavy (non-hydrogen) atoms. The zero-order valence-corrected chi connectivity index (χ0v) is 12.7. The Morgan fingerprint density at radius 3 is 2.67 bits per heavy atom. The maximum absolute atomic E-state index is 12.4. The molecule has 0 bridgehead atoms. The van der Waals surface area contributed by atoms with Crippen molar-refractivity contribution in [1.82, 2.24) is 8.75 Å². The number of fused-ring (bicyclic) bond motifs is 1. The van der Waals surface area contributed by atoms with Crippen LogP contribution < -0.4 is 10.5 Å². The first-order valence-corrected chi connectivity index (χ1v) is 8.28. The van der Waals surface area contributed by atoms with Crippen molar-refractivity contribution in [3.63, 3.8) is 0 Å². The standard InChI is InChI=1S/C13H12N4O2S2/c1-8-2-3-9(14)6-13(8)21(18,19)17-10-4-5-11-12(7-10)16-20-15-11/h2-7,17H,14H2,1H3. The van der Waals surface area contributed by atoms with Gasteiger partial charge in [0.2, 0.25) is 0 Å². The van der Waals surface area contributed by atoms with E-state index in [4.69, 9.17) is 5.73 Å². The van der Waals surface area contributed by atoms with E-state index >= 15 is 0 Å². The normalized spacial score (nSPS) is 11.7. The van der Waals surface area contributed by atoms with E-state index in [-0.39, 0.29) is 4.90 Å². The second-order valence-electron chi connectivity index (χ2n) is 4.60. The van der Waals surface area contributed by atoms with E-state index in [1.54, 1.807) is 37.3 Å². The molecule has 3 N–H and O–H groups in total. The van der Waals surface area contributed by atoms with Crippen molar-refractivity contribution in [2.45, 2.75) is 11.8 Å². The van der Waals surface area contributed by atoms with Crippen molar-refractivity contribution in [2.24, 2.45) is 0 Å². The van der Waals surface area contributed by atoms with Gasteiger partial charge in [0.25, 0.3) is 10.0 Å². The van der Waals surface area contributed by atoms with Crippen LogP contribution in [0.2, 0.25) is 0 Å². The Morgan fingerprint density at radius 1 is 1.10 bits per heavy atom. The topological polar surface area (TPSA) is 98.0 Å². The summed E-state index contributed by atoms with van der Waals surface area (Å²) in [6.45, 7) is 1.72. The van der Waals surface area contributed by atoms with Gasteiger partial charge in [-0.1, -0.05) is 6.07 Å². The van der Waals surface area contributed by atoms with Crippen molar-refractivity contribution in [3.8, 4) is 0 Å². The first-order chi connectivity index (χ1) is 9.95. The molecule has 3 rings (SSSR count). The van der Waals surface area contributed by atoms with Gasteiger partial charge < -0.3 is 5.73 Å². The van der Waals surface area contributed by atoms with Crippen LogP contribution in [-0.4, -0.2) is 17.2 Å². The molecule has 0 amide bonds. The molecule has 0 aliphatic carbocycles. The fourth-order valence-electron chi connectivity index (χ4n) is 1.96. The Morgan fingerprint density at radius 2 is 1.86 bits per heavy atom. The molecule has 2 aromatic carbocycles. The lowest BCUT2D eigenvalue weighted by atomic mass is 10.2. The summed E-state index contributed by atoms with van der Waals surface area (Å²) in [7, 11) is -3.69. The van der Waals surface area contributed by atoms with Gasteiger partial charge in [0.15, 0.2) is 0 Å². The Labute approximate surface area is 126 Å². The van der Waals surface area contributed by atoms with Gasteiger partial charge in [0.1, 0.15) is 11.0 Å². The molecular formula is C13H12N4O2S2. The average molecular weight is 320 g/mol. The first-order valence-electron chi connectivity index (χ1n) is 6.07. The highest BCUT2D eigenvalue weighted by molar-refractivity contribution is 7.92. The summed E-state index contributed by atoms with van der Waals surface area (Å²) in [5.41, 5.74) is 8.54. The molecule has 3 aromatic rings. The van der Waals surface area contributed by atoms with Gasteiger partial charge in [-0.15, -0.1) is 0 Å². The van der Waals surface area contributed by atoms with Crippen LogP contribution in [0.1, 0.15) is 5.56 Å². The maximum atomic E-state index is 12.4. The largest absolute Gasteiger partial charge is 0.399 e. The van der Waals surface area contributed by atoms with E-state index in [0.29, 0.717) is 22.5 Å². The van der Waals surface area contributed by atoms with Crippen LogP contribution in [0.15, 0.2) is 41.3 Å². The number of benzene rings is 2. The summed E-state index contributed by atoms with van der Waals surface area (Å²) in [6.07, 6.45) is 0. The predicted octanol–water partition coefficient (Wildman–Crippen LogP) is 2.38. The molecule has 8 heteroatoms. The van der Waals surface area contributed by atoms with Gasteiger partial charge in [0, 0.05) is 5.69 Å². The van der Waals surface area contributed by atoms with Crippen molar-refractivity contribution >= 4 is 44.2 Å². The number of hydrogen-bond acceptors (Lipinski definition) is 6. The molecule has 6 nitrogen and oxygen atoms in total. The van der Waals surface area contributed by atoms with Crippen molar-refractivity contribution in [2.75, 3.05) is 10.5 Å². The highest BCUT2D eigenvalue weighted by Crippen LogP contribution is 2.23. The number of hydrogen-bond donors (Lipinski definition) is 2. The number of aryl methyl sites for hydroxylation is 1. The fraction of sp³-hybridized carbons (Fsp3) is 0.0769. The third-order valence-corrected chi connectivity index (χ3v) is 5.09. The molecule has 0 aliphatic heterocycles. The van der Waals surface area contributed by atoms with E-state index in [2.05, 4.69) is 13.5 Å². The molecule has 1 heterocycles. The lowest BCUT2D eigenvalue weighted by molar-refractivity contribution is 0.600. The third kappa shape index (κ3) is 2.67. The van der Waals surface area contributed by atoms with Crippen LogP contribution in [0, 0.1) is 6.92 Å². The van der Waals surface area contributed by atoms with Gasteiger partial charge in [-0.05, 0) is 42.8 Å². The number of sulfonamides is 1. The zero-order chi connectivity index (χ0) is 15.0. The van der Waals surface area contributed by atoms with Gasteiger partial charge >= 0.3 is 0 Å². The SMILES string of the molecule is Cc1ccc(N)cc1S(=O)(=O)Nc1ccc2nsnc2c1. The Bertz CT molecular complexity index is 919. The minimum atomic E-state index is -3.69. The van der Waals surface area contributed by atoms with Gasteiger partial charge in [0.05, 0.1) is 22.3 Å². The number of nitrogens with one attached hydrogen (secondary N) is 1. The van der Waals surface area contributed by atoms with Crippen LogP contribution in [0.3, 0.4) is 0 Å². The first kappa shape index (κ1) is 13.8. The fourth-order valence-corrected chi connectivity index (χ4v) is 3.81. The lowest BCUT2D eigenvalue weighted by Gasteiger charge is -2.11. The molecule has 0 saturated heterocycles. The smallest absolute Gasteiger partial charge is 0.262 e. The third-order valence-electron chi connectivity index (χ3n) is 3.01. The molecular weight excluding hydrogens is 308 g/mol. The minimum Gasteiger partial charge on any atom is -0.399 e. The van der Waals surface area contributed by atoms with Crippen LogP contribution >= 0.6 is 11.7 Å². The molecule has 0 saturated carbocycles. The van der Waals surface area contributed by atoms with E-state index < -0.39 is 10.0 Å². The van der Waals surface area contributed by atoms with Gasteiger partial charge in [-0.25, -0.2) is 8.42 Å². The number of nitrogens with two attached hydrogens (primary N) is 1. The second-order valence-corrected chi connectivity index (χ2v) is 6.78. The van der Waals surface area contributed by atoms with Crippen LogP contribution in [0.25, 0.3) is 11.0 Å². The summed E-state index contributed by atoms with van der Waals surface area (Å²) in [5.74, 6) is 0. The second kappa shape index (κ2) is 4.97. The molecule has 1 aromatic heterocycles. The molecule has 0 aliphatic rings. The number of nitrogens with zero attached hydrogens (tertiary/aromatic N) is 2. The summed E-state index contributed by atoms with van der Waals surface area (Å²) >= 11 is 1.09. The molecule has 0 unspecified atom stereocenters. The van der Waals surface area contributed by atoms with E-state index in [0.717, 1.165) is 17.2 Å². The Hall–Kier alpha value is -2.19. The summed E-state index contributed by atoms with van der Waals surface area (Å²) < 4.78 is 35.6. The Balaban J connectivity index is 2.00. The van der Waals surface area contributed by atoms with E-state index in [1.807, 2.05) is 0 Å². The monoisotopic (exact) mass is 320 g/mol. The molecule has 0 radical (unpaired) electrons. The highest BCUT2D eigenvalue weighted by Gasteiger charge is 2.17. The quantitative estimate of drug-likeness (QED) is 0.722. The van der Waals surface area contributed by atoms with Crippen LogP contribution in [-0.2, 0) is 10.0 Å². The molecule has 0 atom stereocenters. The van der Waals surface area contributed by atoms with Gasteiger partial charge in [-0.2, -0.15) is 8.75 Å².